The van der Waals surface area contributed by atoms with Gasteiger partial charge in [-0.2, -0.15) is 26.3 Å². The SMILES string of the molecule is CS/C(=N\CC(F)(F)F)NCC(F)(F)F. The first-order valence-corrected chi connectivity index (χ1v) is 4.82. The fraction of sp³-hybridized carbons (Fsp3) is 0.833. The van der Waals surface area contributed by atoms with Crippen LogP contribution < -0.4 is 5.32 Å². The zero-order valence-corrected chi connectivity index (χ0v) is 8.35. The first-order chi connectivity index (χ1) is 6.64. The lowest BCUT2D eigenvalue weighted by molar-refractivity contribution is -0.121. The number of hydrogen-bond donors (Lipinski definition) is 1. The molecule has 0 amide bonds. The summed E-state index contributed by atoms with van der Waals surface area (Å²) in [6, 6.07) is 0. The van der Waals surface area contributed by atoms with Crippen molar-refractivity contribution in [2.45, 2.75) is 12.4 Å². The summed E-state index contributed by atoms with van der Waals surface area (Å²) in [4.78, 5) is 2.96. The van der Waals surface area contributed by atoms with Crippen molar-refractivity contribution in [2.75, 3.05) is 19.3 Å². The van der Waals surface area contributed by atoms with E-state index in [2.05, 4.69) is 4.99 Å². The number of aliphatic imine (C=N–C) groups is 1. The minimum absolute atomic E-state index is 0.385. The molecule has 0 aliphatic carbocycles. The maximum Gasteiger partial charge on any atom is 0.408 e. The van der Waals surface area contributed by atoms with Gasteiger partial charge in [0.05, 0.1) is 0 Å². The number of nitrogens with one attached hydrogen (secondary N) is 1. The van der Waals surface area contributed by atoms with E-state index in [1.54, 1.807) is 5.32 Å². The Hall–Kier alpha value is -0.600. The molecule has 0 rings (SSSR count). The molecule has 90 valence electrons. The van der Waals surface area contributed by atoms with E-state index in [-0.39, 0.29) is 5.17 Å². The number of rotatable bonds is 2. The third-order valence-electron chi connectivity index (χ3n) is 1.04. The van der Waals surface area contributed by atoms with Crippen LogP contribution in [0.5, 0.6) is 0 Å². The fourth-order valence-corrected chi connectivity index (χ4v) is 0.940. The molecule has 0 saturated carbocycles. The number of nitrogens with zero attached hydrogens (tertiary/aromatic N) is 1. The molecule has 1 N–H and O–H groups in total. The van der Waals surface area contributed by atoms with E-state index < -0.39 is 25.4 Å². The van der Waals surface area contributed by atoms with Crippen molar-refractivity contribution in [3.05, 3.63) is 0 Å². The Morgan fingerprint density at radius 1 is 1.13 bits per heavy atom. The molecule has 0 spiro atoms. The Bertz CT molecular complexity index is 221. The van der Waals surface area contributed by atoms with Gasteiger partial charge in [-0.3, -0.25) is 4.99 Å². The molecule has 0 aliphatic rings. The number of alkyl halides is 6. The van der Waals surface area contributed by atoms with Crippen LogP contribution >= 0.6 is 11.8 Å². The maximum atomic E-state index is 11.7. The van der Waals surface area contributed by atoms with Crippen molar-refractivity contribution >= 4 is 16.9 Å². The summed E-state index contributed by atoms with van der Waals surface area (Å²) in [5, 5.41) is 1.39. The topological polar surface area (TPSA) is 24.4 Å². The highest BCUT2D eigenvalue weighted by atomic mass is 32.2. The Morgan fingerprint density at radius 3 is 2.00 bits per heavy atom. The normalized spacial score (nSPS) is 14.2. The second kappa shape index (κ2) is 5.47. The van der Waals surface area contributed by atoms with Crippen molar-refractivity contribution in [3.8, 4) is 0 Å². The molecule has 0 atom stereocenters. The highest BCUT2D eigenvalue weighted by molar-refractivity contribution is 8.13. The largest absolute Gasteiger partial charge is 0.408 e. The first kappa shape index (κ1) is 14.4. The van der Waals surface area contributed by atoms with Gasteiger partial charge in [0.25, 0.3) is 0 Å². The quantitative estimate of drug-likeness (QED) is 0.465. The zero-order valence-electron chi connectivity index (χ0n) is 7.54. The van der Waals surface area contributed by atoms with Gasteiger partial charge in [-0.25, -0.2) is 0 Å². The van der Waals surface area contributed by atoms with Gasteiger partial charge in [0, 0.05) is 0 Å². The lowest BCUT2D eigenvalue weighted by atomic mass is 10.6. The number of thioether (sulfide) groups is 1. The van der Waals surface area contributed by atoms with Crippen LogP contribution in [0, 0.1) is 0 Å². The summed E-state index contributed by atoms with van der Waals surface area (Å²) in [7, 11) is 0. The monoisotopic (exact) mass is 254 g/mol. The summed E-state index contributed by atoms with van der Waals surface area (Å²) in [6.45, 7) is -2.89. The number of hydrogen-bond acceptors (Lipinski definition) is 2. The molecule has 0 aromatic rings. The van der Waals surface area contributed by atoms with Crippen LogP contribution in [0.1, 0.15) is 0 Å². The van der Waals surface area contributed by atoms with Crippen molar-refractivity contribution in [2.24, 2.45) is 4.99 Å². The van der Waals surface area contributed by atoms with E-state index >= 15 is 0 Å². The smallest absolute Gasteiger partial charge is 0.356 e. The van der Waals surface area contributed by atoms with Gasteiger partial charge in [0.15, 0.2) is 5.17 Å². The summed E-state index contributed by atoms with van der Waals surface area (Å²) < 4.78 is 70.0. The highest BCUT2D eigenvalue weighted by Crippen LogP contribution is 2.16. The average Bonchev–Trinajstić information content (AvgIpc) is 2.00. The van der Waals surface area contributed by atoms with Crippen LogP contribution in [0.15, 0.2) is 4.99 Å². The van der Waals surface area contributed by atoms with Crippen LogP contribution in [-0.2, 0) is 0 Å². The van der Waals surface area contributed by atoms with Gasteiger partial charge in [-0.15, -0.1) is 0 Å². The molecule has 0 radical (unpaired) electrons. The molecule has 0 aromatic carbocycles. The van der Waals surface area contributed by atoms with Crippen molar-refractivity contribution in [1.29, 1.82) is 0 Å². The van der Waals surface area contributed by atoms with E-state index in [1.807, 2.05) is 0 Å². The maximum absolute atomic E-state index is 11.7. The predicted octanol–water partition coefficient (Wildman–Crippen LogP) is 2.42. The number of amidine groups is 1. The summed E-state index contributed by atoms with van der Waals surface area (Å²) in [5.74, 6) is 0. The molecule has 0 fully saturated rings. The zero-order chi connectivity index (χ0) is 12.1. The van der Waals surface area contributed by atoms with Gasteiger partial charge in [-0.1, -0.05) is 11.8 Å². The lowest BCUT2D eigenvalue weighted by Gasteiger charge is -2.10. The highest BCUT2D eigenvalue weighted by Gasteiger charge is 2.29. The fourth-order valence-electron chi connectivity index (χ4n) is 0.530. The lowest BCUT2D eigenvalue weighted by Crippen LogP contribution is -2.32. The Morgan fingerprint density at radius 2 is 1.67 bits per heavy atom. The molecule has 0 unspecified atom stereocenters. The number of halogens is 6. The first-order valence-electron chi connectivity index (χ1n) is 3.60. The summed E-state index contributed by atoms with van der Waals surface area (Å²) >= 11 is 0.690. The summed E-state index contributed by atoms with van der Waals surface area (Å²) in [6.07, 6.45) is -7.66. The summed E-state index contributed by atoms with van der Waals surface area (Å²) in [5.41, 5.74) is 0. The Labute approximate surface area is 86.1 Å². The third kappa shape index (κ3) is 9.70. The molecule has 2 nitrogen and oxygen atoms in total. The molecule has 9 heteroatoms. The van der Waals surface area contributed by atoms with E-state index in [4.69, 9.17) is 0 Å². The predicted molar refractivity (Wildman–Crippen MR) is 45.9 cm³/mol. The van der Waals surface area contributed by atoms with Gasteiger partial charge in [0.1, 0.15) is 13.1 Å². The third-order valence-corrected chi connectivity index (χ3v) is 1.70. The molecule has 0 heterocycles. The van der Waals surface area contributed by atoms with Crippen molar-refractivity contribution < 1.29 is 26.3 Å². The van der Waals surface area contributed by atoms with Gasteiger partial charge in [0.2, 0.25) is 0 Å². The van der Waals surface area contributed by atoms with Crippen LogP contribution in [0.3, 0.4) is 0 Å². The average molecular weight is 254 g/mol. The van der Waals surface area contributed by atoms with E-state index in [0.29, 0.717) is 11.8 Å². The van der Waals surface area contributed by atoms with Crippen LogP contribution in [0.4, 0.5) is 26.3 Å². The second-order valence-corrected chi connectivity index (χ2v) is 3.20. The van der Waals surface area contributed by atoms with Crippen LogP contribution in [0.25, 0.3) is 0 Å². The van der Waals surface area contributed by atoms with Crippen LogP contribution in [-0.4, -0.2) is 36.9 Å². The molecular formula is C6H8F6N2S. The van der Waals surface area contributed by atoms with E-state index in [0.717, 1.165) is 0 Å². The Kier molecular flexibility index (Phi) is 5.26. The molecule has 0 saturated heterocycles. The second-order valence-electron chi connectivity index (χ2n) is 2.41. The van der Waals surface area contributed by atoms with Crippen molar-refractivity contribution in [1.82, 2.24) is 5.32 Å². The molecule has 0 bridgehead atoms. The van der Waals surface area contributed by atoms with E-state index in [9.17, 15) is 26.3 Å². The standard InChI is InChI=1S/C6H8F6N2S/c1-15-4(13-2-5(7,8)9)14-3-6(10,11)12/h2-3H2,1H3,(H,13,14). The minimum Gasteiger partial charge on any atom is -0.356 e. The molecule has 0 aliphatic heterocycles. The van der Waals surface area contributed by atoms with Gasteiger partial charge in [-0.05, 0) is 6.26 Å². The van der Waals surface area contributed by atoms with E-state index in [1.165, 1.54) is 6.26 Å². The molecule has 0 aromatic heterocycles. The molecular weight excluding hydrogens is 246 g/mol. The van der Waals surface area contributed by atoms with Gasteiger partial charge < -0.3 is 5.32 Å². The van der Waals surface area contributed by atoms with Gasteiger partial charge >= 0.3 is 12.4 Å². The minimum atomic E-state index is -4.51. The molecule has 15 heavy (non-hydrogen) atoms. The van der Waals surface area contributed by atoms with Crippen LogP contribution in [0.2, 0.25) is 0 Å². The Balaban J connectivity index is 4.14. The van der Waals surface area contributed by atoms with Crippen molar-refractivity contribution in [3.63, 3.8) is 0 Å².